The molecule has 1 heterocycles. The highest BCUT2D eigenvalue weighted by molar-refractivity contribution is 6.07. The summed E-state index contributed by atoms with van der Waals surface area (Å²) in [6.45, 7) is 0. The predicted molar refractivity (Wildman–Crippen MR) is 103 cm³/mol. The second kappa shape index (κ2) is 8.91. The number of carbonyl (C=O) groups is 2. The van der Waals surface area contributed by atoms with Crippen LogP contribution in [0.3, 0.4) is 0 Å². The molecule has 10 heteroatoms. The Morgan fingerprint density at radius 2 is 1.93 bits per heavy atom. The van der Waals surface area contributed by atoms with Gasteiger partial charge in [0.1, 0.15) is 29.1 Å². The van der Waals surface area contributed by atoms with Crippen LogP contribution in [-0.4, -0.2) is 37.1 Å². The Kier molecular flexibility index (Phi) is 6.12. The molecule has 0 radical (unpaired) electrons. The molecular formula is C19H17F2N5O3. The Morgan fingerprint density at radius 3 is 2.59 bits per heavy atom. The van der Waals surface area contributed by atoms with E-state index in [9.17, 15) is 18.4 Å². The van der Waals surface area contributed by atoms with E-state index in [0.29, 0.717) is 5.75 Å². The molecule has 1 atom stereocenters. The molecule has 0 aliphatic carbocycles. The standard InChI is InChI=1S/C19H17F2N5O3/c1-29-12-7-5-11(6-8-12)10-22-26-19-23-15(18(28)25-19)9-16(27)24-17-13(20)3-2-4-14(17)21/h2-8,10,15H,9H2,1H3,(H,24,27)(H2,23,25,26,28). The van der Waals surface area contributed by atoms with Gasteiger partial charge in [0.2, 0.25) is 11.9 Å². The highest BCUT2D eigenvalue weighted by Crippen LogP contribution is 2.18. The van der Waals surface area contributed by atoms with Crippen molar-refractivity contribution in [3.63, 3.8) is 0 Å². The lowest BCUT2D eigenvalue weighted by molar-refractivity contribution is -0.123. The summed E-state index contributed by atoms with van der Waals surface area (Å²) in [5.41, 5.74) is 2.78. The van der Waals surface area contributed by atoms with Gasteiger partial charge in [-0.25, -0.2) is 19.2 Å². The summed E-state index contributed by atoms with van der Waals surface area (Å²) in [7, 11) is 1.56. The molecule has 2 amide bonds. The Hall–Kier alpha value is -3.82. The van der Waals surface area contributed by atoms with E-state index in [1.54, 1.807) is 31.4 Å². The van der Waals surface area contributed by atoms with Gasteiger partial charge in [-0.2, -0.15) is 5.10 Å². The number of aliphatic imine (C=N–C) groups is 1. The normalized spacial score (nSPS) is 15.8. The number of rotatable bonds is 6. The third kappa shape index (κ3) is 5.12. The number of anilines is 1. The van der Waals surface area contributed by atoms with Gasteiger partial charge in [0.15, 0.2) is 0 Å². The van der Waals surface area contributed by atoms with E-state index in [1.807, 2.05) is 0 Å². The van der Waals surface area contributed by atoms with Gasteiger partial charge in [0, 0.05) is 0 Å². The van der Waals surface area contributed by atoms with Crippen LogP contribution in [0.15, 0.2) is 52.6 Å². The number of nitrogens with one attached hydrogen (secondary N) is 3. The van der Waals surface area contributed by atoms with Crippen molar-refractivity contribution in [2.24, 2.45) is 10.1 Å². The smallest absolute Gasteiger partial charge is 0.252 e. The van der Waals surface area contributed by atoms with Crippen molar-refractivity contribution < 1.29 is 23.1 Å². The molecule has 0 saturated carbocycles. The fourth-order valence-electron chi connectivity index (χ4n) is 2.48. The van der Waals surface area contributed by atoms with Crippen molar-refractivity contribution in [2.75, 3.05) is 12.4 Å². The van der Waals surface area contributed by atoms with E-state index in [0.717, 1.165) is 17.7 Å². The maximum Gasteiger partial charge on any atom is 0.252 e. The zero-order chi connectivity index (χ0) is 20.8. The molecule has 1 aliphatic rings. The number of methoxy groups -OCH3 is 1. The number of hydrogen-bond acceptors (Lipinski definition) is 6. The maximum absolute atomic E-state index is 13.6. The Morgan fingerprint density at radius 1 is 1.24 bits per heavy atom. The van der Waals surface area contributed by atoms with Crippen LogP contribution in [0.1, 0.15) is 12.0 Å². The Labute approximate surface area is 164 Å². The van der Waals surface area contributed by atoms with Crippen LogP contribution in [0.4, 0.5) is 14.5 Å². The second-order valence-corrected chi connectivity index (χ2v) is 5.97. The number of para-hydroxylation sites is 1. The van der Waals surface area contributed by atoms with Gasteiger partial charge in [-0.3, -0.25) is 14.9 Å². The van der Waals surface area contributed by atoms with Gasteiger partial charge < -0.3 is 10.1 Å². The number of amides is 2. The molecule has 1 unspecified atom stereocenters. The van der Waals surface area contributed by atoms with Gasteiger partial charge in [-0.1, -0.05) is 6.07 Å². The molecule has 0 saturated heterocycles. The summed E-state index contributed by atoms with van der Waals surface area (Å²) in [6, 6.07) is 9.28. The quantitative estimate of drug-likeness (QED) is 0.507. The minimum absolute atomic E-state index is 0.0645. The molecule has 2 aromatic carbocycles. The number of ether oxygens (including phenoxy) is 1. The number of nitrogens with zero attached hydrogens (tertiary/aromatic N) is 2. The van der Waals surface area contributed by atoms with E-state index in [2.05, 4.69) is 26.2 Å². The van der Waals surface area contributed by atoms with Crippen LogP contribution in [0, 0.1) is 11.6 Å². The van der Waals surface area contributed by atoms with Crippen LogP contribution in [-0.2, 0) is 9.59 Å². The topological polar surface area (TPSA) is 104 Å². The highest BCUT2D eigenvalue weighted by atomic mass is 19.1. The fraction of sp³-hybridized carbons (Fsp3) is 0.158. The molecule has 3 rings (SSSR count). The Bertz CT molecular complexity index is 956. The largest absolute Gasteiger partial charge is 0.497 e. The summed E-state index contributed by atoms with van der Waals surface area (Å²) >= 11 is 0. The van der Waals surface area contributed by atoms with Gasteiger partial charge in [-0.15, -0.1) is 0 Å². The molecule has 1 aliphatic heterocycles. The molecule has 2 aromatic rings. The predicted octanol–water partition coefficient (Wildman–Crippen LogP) is 1.78. The number of hydrogen-bond donors (Lipinski definition) is 3. The SMILES string of the molecule is COc1ccc(C=NNC2=NC(CC(=O)Nc3c(F)cccc3F)C(=O)N2)cc1. The lowest BCUT2D eigenvalue weighted by atomic mass is 10.2. The lowest BCUT2D eigenvalue weighted by Gasteiger charge is -2.08. The minimum atomic E-state index is -1.04. The van der Waals surface area contributed by atoms with Gasteiger partial charge in [-0.05, 0) is 42.0 Å². The molecule has 0 fully saturated rings. The third-order valence-corrected chi connectivity index (χ3v) is 3.93. The summed E-state index contributed by atoms with van der Waals surface area (Å²) in [6.07, 6.45) is 1.13. The van der Waals surface area contributed by atoms with Crippen LogP contribution in [0.25, 0.3) is 0 Å². The zero-order valence-electron chi connectivity index (χ0n) is 15.3. The Balaban J connectivity index is 1.56. The maximum atomic E-state index is 13.6. The van der Waals surface area contributed by atoms with Crippen LogP contribution >= 0.6 is 0 Å². The van der Waals surface area contributed by atoms with E-state index < -0.39 is 35.2 Å². The molecule has 0 bridgehead atoms. The van der Waals surface area contributed by atoms with E-state index in [4.69, 9.17) is 4.74 Å². The summed E-state index contributed by atoms with van der Waals surface area (Å²) in [5, 5.41) is 8.51. The third-order valence-electron chi connectivity index (χ3n) is 3.93. The molecule has 8 nitrogen and oxygen atoms in total. The molecule has 0 spiro atoms. The first-order valence-corrected chi connectivity index (χ1v) is 8.52. The van der Waals surface area contributed by atoms with Crippen molar-refractivity contribution in [3.05, 3.63) is 59.7 Å². The van der Waals surface area contributed by atoms with Gasteiger partial charge >= 0.3 is 0 Å². The van der Waals surface area contributed by atoms with E-state index in [1.165, 1.54) is 12.3 Å². The molecule has 0 aromatic heterocycles. The first-order valence-electron chi connectivity index (χ1n) is 8.52. The van der Waals surface area contributed by atoms with Crippen molar-refractivity contribution in [1.29, 1.82) is 0 Å². The minimum Gasteiger partial charge on any atom is -0.497 e. The van der Waals surface area contributed by atoms with E-state index in [-0.39, 0.29) is 12.4 Å². The number of carbonyl (C=O) groups excluding carboxylic acids is 2. The van der Waals surface area contributed by atoms with Gasteiger partial charge in [0.25, 0.3) is 5.91 Å². The van der Waals surface area contributed by atoms with Crippen molar-refractivity contribution in [1.82, 2.24) is 10.7 Å². The zero-order valence-corrected chi connectivity index (χ0v) is 15.3. The number of halogens is 2. The van der Waals surface area contributed by atoms with Crippen molar-refractivity contribution in [2.45, 2.75) is 12.5 Å². The highest BCUT2D eigenvalue weighted by Gasteiger charge is 2.29. The summed E-state index contributed by atoms with van der Waals surface area (Å²) in [4.78, 5) is 28.0. The van der Waals surface area contributed by atoms with Crippen molar-refractivity contribution in [3.8, 4) is 5.75 Å². The lowest BCUT2D eigenvalue weighted by Crippen LogP contribution is -2.35. The monoisotopic (exact) mass is 401 g/mol. The second-order valence-electron chi connectivity index (χ2n) is 5.97. The summed E-state index contributed by atoms with van der Waals surface area (Å²) < 4.78 is 32.2. The average molecular weight is 401 g/mol. The van der Waals surface area contributed by atoms with Gasteiger partial charge in [0.05, 0.1) is 19.7 Å². The average Bonchev–Trinajstić information content (AvgIpc) is 3.04. The summed E-state index contributed by atoms with van der Waals surface area (Å²) in [5.74, 6) is -2.33. The first-order chi connectivity index (χ1) is 14.0. The molecule has 3 N–H and O–H groups in total. The number of guanidine groups is 1. The number of benzene rings is 2. The molecular weight excluding hydrogens is 384 g/mol. The fourth-order valence-corrected chi connectivity index (χ4v) is 2.48. The number of hydrazone groups is 1. The van der Waals surface area contributed by atoms with Crippen molar-refractivity contribution >= 4 is 29.7 Å². The van der Waals surface area contributed by atoms with E-state index >= 15 is 0 Å². The first kappa shape index (κ1) is 19.9. The molecule has 29 heavy (non-hydrogen) atoms. The van der Waals surface area contributed by atoms with Crippen LogP contribution in [0.5, 0.6) is 5.75 Å². The molecule has 150 valence electrons. The van der Waals surface area contributed by atoms with Crippen LogP contribution in [0.2, 0.25) is 0 Å². The van der Waals surface area contributed by atoms with Crippen LogP contribution < -0.4 is 20.8 Å².